The monoisotopic (exact) mass is 463 g/mol. The van der Waals surface area contributed by atoms with Crippen LogP contribution in [0.3, 0.4) is 0 Å². The Bertz CT molecular complexity index is 1030. The lowest BCUT2D eigenvalue weighted by atomic mass is 10.1. The summed E-state index contributed by atoms with van der Waals surface area (Å²) in [6.45, 7) is 2.63. The molecule has 1 aromatic heterocycles. The molecule has 1 heterocycles. The first-order valence-corrected chi connectivity index (χ1v) is 10.3. The summed E-state index contributed by atoms with van der Waals surface area (Å²) in [5.74, 6) is 1.09. The van der Waals surface area contributed by atoms with Crippen molar-refractivity contribution in [2.45, 2.75) is 6.92 Å². The maximum absolute atomic E-state index is 13.4. The van der Waals surface area contributed by atoms with E-state index < -0.39 is 0 Å². The zero-order valence-electron chi connectivity index (χ0n) is 18.2. The average Bonchev–Trinajstić information content (AvgIpc) is 3.18. The topological polar surface area (TPSA) is 72.0 Å². The van der Waals surface area contributed by atoms with Crippen molar-refractivity contribution in [3.8, 4) is 11.5 Å². The van der Waals surface area contributed by atoms with Gasteiger partial charge in [-0.3, -0.25) is 14.5 Å². The number of anilines is 1. The van der Waals surface area contributed by atoms with Gasteiger partial charge in [0.2, 0.25) is 0 Å². The van der Waals surface area contributed by atoms with Crippen molar-refractivity contribution in [1.29, 1.82) is 0 Å². The summed E-state index contributed by atoms with van der Waals surface area (Å²) in [5.41, 5.74) is 1.73. The quantitative estimate of drug-likeness (QED) is 0.467. The molecule has 0 spiro atoms. The van der Waals surface area contributed by atoms with E-state index in [1.807, 2.05) is 25.1 Å². The number of methoxy groups -OCH3 is 2. The van der Waals surface area contributed by atoms with Gasteiger partial charge in [0, 0.05) is 24.2 Å². The van der Waals surface area contributed by atoms with Gasteiger partial charge < -0.3 is 14.4 Å². The Balaban J connectivity index is 0.00000341. The number of thiazole rings is 1. The van der Waals surface area contributed by atoms with Gasteiger partial charge in [-0.05, 0) is 45.3 Å². The number of hydrogen-bond donors (Lipinski definition) is 0. The molecule has 0 aliphatic rings. The van der Waals surface area contributed by atoms with E-state index in [9.17, 15) is 9.59 Å². The predicted molar refractivity (Wildman–Crippen MR) is 127 cm³/mol. The van der Waals surface area contributed by atoms with Crippen molar-refractivity contribution < 1.29 is 19.1 Å². The molecule has 0 unspecified atom stereocenters. The highest BCUT2D eigenvalue weighted by atomic mass is 35.5. The van der Waals surface area contributed by atoms with E-state index in [1.165, 1.54) is 18.3 Å². The van der Waals surface area contributed by atoms with Crippen LogP contribution in [0.25, 0.3) is 10.2 Å². The number of likely N-dealkylation sites (N-methyl/N-ethyl adjacent to an activating group) is 1. The van der Waals surface area contributed by atoms with Crippen LogP contribution in [0.1, 0.15) is 27.6 Å². The van der Waals surface area contributed by atoms with Crippen molar-refractivity contribution in [2.75, 3.05) is 46.3 Å². The molecule has 3 rings (SSSR count). The SMILES string of the molecule is COc1ccc(OC)c2sc(N(CCN(C)C)C(=O)c3ccc(C(C)=O)cc3)nc12.Cl. The lowest BCUT2D eigenvalue weighted by Crippen LogP contribution is -2.36. The van der Waals surface area contributed by atoms with E-state index in [-0.39, 0.29) is 24.1 Å². The van der Waals surface area contributed by atoms with Gasteiger partial charge in [-0.25, -0.2) is 4.98 Å². The standard InChI is InChI=1S/C22H25N3O4S.ClH/c1-14(26)15-6-8-16(9-7-15)21(27)25(13-12-24(2)3)22-23-19-17(28-4)10-11-18(29-5)20(19)30-22;/h6-11H,12-13H2,1-5H3;1H. The van der Waals surface area contributed by atoms with E-state index >= 15 is 0 Å². The molecular formula is C22H26ClN3O4S. The number of rotatable bonds is 8. The van der Waals surface area contributed by atoms with Gasteiger partial charge in [0.1, 0.15) is 21.7 Å². The summed E-state index contributed by atoms with van der Waals surface area (Å²) < 4.78 is 11.7. The number of ether oxygens (including phenoxy) is 2. The second kappa shape index (κ2) is 10.6. The van der Waals surface area contributed by atoms with Crippen LogP contribution in [0.5, 0.6) is 11.5 Å². The van der Waals surface area contributed by atoms with Crippen LogP contribution >= 0.6 is 23.7 Å². The Morgan fingerprint density at radius 1 is 0.935 bits per heavy atom. The maximum Gasteiger partial charge on any atom is 0.260 e. The third-order valence-electron chi connectivity index (χ3n) is 4.68. The number of ketones is 1. The Kier molecular flexibility index (Phi) is 8.38. The molecule has 3 aromatic rings. The predicted octanol–water partition coefficient (Wildman–Crippen LogP) is 4.15. The number of aromatic nitrogens is 1. The minimum absolute atomic E-state index is 0. The highest BCUT2D eigenvalue weighted by Crippen LogP contribution is 2.40. The molecule has 0 aliphatic heterocycles. The fraction of sp³-hybridized carbons (Fsp3) is 0.318. The van der Waals surface area contributed by atoms with Gasteiger partial charge in [0.05, 0.1) is 14.2 Å². The van der Waals surface area contributed by atoms with Crippen molar-refractivity contribution in [1.82, 2.24) is 9.88 Å². The van der Waals surface area contributed by atoms with Gasteiger partial charge in [-0.1, -0.05) is 23.5 Å². The Morgan fingerprint density at radius 3 is 2.06 bits per heavy atom. The Hall–Kier alpha value is -2.68. The minimum Gasteiger partial charge on any atom is -0.495 e. The molecule has 9 heteroatoms. The molecule has 0 N–H and O–H groups in total. The molecule has 31 heavy (non-hydrogen) atoms. The summed E-state index contributed by atoms with van der Waals surface area (Å²) in [6, 6.07) is 10.3. The Morgan fingerprint density at radius 2 is 1.52 bits per heavy atom. The fourth-order valence-electron chi connectivity index (χ4n) is 2.98. The number of fused-ring (bicyclic) bond motifs is 1. The van der Waals surface area contributed by atoms with E-state index in [0.29, 0.717) is 46.4 Å². The molecule has 0 bridgehead atoms. The van der Waals surface area contributed by atoms with Crippen molar-refractivity contribution in [2.24, 2.45) is 0 Å². The first-order valence-electron chi connectivity index (χ1n) is 9.44. The van der Waals surface area contributed by atoms with E-state index in [0.717, 1.165) is 4.70 Å². The molecular weight excluding hydrogens is 438 g/mol. The van der Waals surface area contributed by atoms with E-state index in [1.54, 1.807) is 49.5 Å². The van der Waals surface area contributed by atoms with Crippen molar-refractivity contribution in [3.05, 3.63) is 47.5 Å². The van der Waals surface area contributed by atoms with Gasteiger partial charge >= 0.3 is 0 Å². The molecule has 0 saturated heterocycles. The number of carbonyl (C=O) groups excluding carboxylic acids is 2. The summed E-state index contributed by atoms with van der Waals surface area (Å²) in [5, 5.41) is 0.565. The summed E-state index contributed by atoms with van der Waals surface area (Å²) in [6.07, 6.45) is 0. The summed E-state index contributed by atoms with van der Waals surface area (Å²) in [7, 11) is 7.10. The smallest absolute Gasteiger partial charge is 0.260 e. The summed E-state index contributed by atoms with van der Waals surface area (Å²) in [4.78, 5) is 33.3. The van der Waals surface area contributed by atoms with Gasteiger partial charge in [-0.15, -0.1) is 12.4 Å². The minimum atomic E-state index is -0.177. The highest BCUT2D eigenvalue weighted by molar-refractivity contribution is 7.22. The van der Waals surface area contributed by atoms with Crippen LogP contribution in [0.4, 0.5) is 5.13 Å². The van der Waals surface area contributed by atoms with Crippen LogP contribution in [-0.2, 0) is 0 Å². The molecule has 0 atom stereocenters. The van der Waals surface area contributed by atoms with Gasteiger partial charge in [0.25, 0.3) is 5.91 Å². The molecule has 0 radical (unpaired) electrons. The molecule has 0 aliphatic carbocycles. The number of amides is 1. The number of Topliss-reactive ketones (excluding diaryl/α,β-unsaturated/α-hetero) is 1. The lowest BCUT2D eigenvalue weighted by molar-refractivity contribution is 0.0981. The number of halogens is 1. The Labute approximate surface area is 192 Å². The third-order valence-corrected chi connectivity index (χ3v) is 5.78. The second-order valence-corrected chi connectivity index (χ2v) is 8.02. The van der Waals surface area contributed by atoms with Gasteiger partial charge in [-0.2, -0.15) is 0 Å². The van der Waals surface area contributed by atoms with Crippen molar-refractivity contribution >= 4 is 50.8 Å². The van der Waals surface area contributed by atoms with Gasteiger partial charge in [0.15, 0.2) is 10.9 Å². The van der Waals surface area contributed by atoms with Crippen LogP contribution in [-0.4, -0.2) is 63.0 Å². The molecule has 2 aromatic carbocycles. The van der Waals surface area contributed by atoms with Crippen LogP contribution in [0.15, 0.2) is 36.4 Å². The zero-order valence-corrected chi connectivity index (χ0v) is 19.8. The lowest BCUT2D eigenvalue weighted by Gasteiger charge is -2.22. The molecule has 7 nitrogen and oxygen atoms in total. The van der Waals surface area contributed by atoms with E-state index in [2.05, 4.69) is 0 Å². The number of carbonyl (C=O) groups is 2. The highest BCUT2D eigenvalue weighted by Gasteiger charge is 2.24. The second-order valence-electron chi connectivity index (χ2n) is 7.04. The molecule has 0 saturated carbocycles. The van der Waals surface area contributed by atoms with Crippen LogP contribution < -0.4 is 14.4 Å². The molecule has 1 amide bonds. The zero-order chi connectivity index (χ0) is 21.8. The fourth-order valence-corrected chi connectivity index (χ4v) is 4.08. The summed E-state index contributed by atoms with van der Waals surface area (Å²) >= 11 is 1.39. The van der Waals surface area contributed by atoms with E-state index in [4.69, 9.17) is 14.5 Å². The first kappa shape index (κ1) is 24.6. The molecule has 0 fully saturated rings. The number of hydrogen-bond acceptors (Lipinski definition) is 7. The third kappa shape index (κ3) is 5.33. The number of benzene rings is 2. The first-order chi connectivity index (χ1) is 14.3. The largest absolute Gasteiger partial charge is 0.495 e. The maximum atomic E-state index is 13.4. The average molecular weight is 464 g/mol. The van der Waals surface area contributed by atoms with Crippen molar-refractivity contribution in [3.63, 3.8) is 0 Å². The molecule has 166 valence electrons. The normalized spacial score (nSPS) is 10.6. The van der Waals surface area contributed by atoms with Crippen LogP contribution in [0.2, 0.25) is 0 Å². The van der Waals surface area contributed by atoms with Crippen LogP contribution in [0, 0.1) is 0 Å². The number of nitrogens with zero attached hydrogens (tertiary/aromatic N) is 3.